The van der Waals surface area contributed by atoms with Gasteiger partial charge in [-0.1, -0.05) is 25.3 Å². The largest absolute Gasteiger partial charge is 0.383 e. The quantitative estimate of drug-likeness (QED) is 0.901. The van der Waals surface area contributed by atoms with Gasteiger partial charge in [-0.2, -0.15) is 0 Å². The molecule has 1 aliphatic carbocycles. The summed E-state index contributed by atoms with van der Waals surface area (Å²) in [6, 6.07) is 3.73. The number of nitrogens with two attached hydrogens (primary N) is 1. The summed E-state index contributed by atoms with van der Waals surface area (Å²) in [5.74, 6) is 0.748. The van der Waals surface area contributed by atoms with Crippen molar-refractivity contribution in [3.05, 3.63) is 23.9 Å². The second-order valence-electron chi connectivity index (χ2n) is 5.63. The maximum Gasteiger partial charge on any atom is 0.157 e. The summed E-state index contributed by atoms with van der Waals surface area (Å²) in [6.45, 7) is 0. The van der Waals surface area contributed by atoms with Gasteiger partial charge in [0.2, 0.25) is 0 Å². The predicted octanol–water partition coefficient (Wildman–Crippen LogP) is 2.04. The Morgan fingerprint density at radius 1 is 1.37 bits per heavy atom. The van der Waals surface area contributed by atoms with Gasteiger partial charge in [-0.05, 0) is 33.0 Å². The average Bonchev–Trinajstić information content (AvgIpc) is 2.42. The van der Waals surface area contributed by atoms with Gasteiger partial charge in [0.05, 0.1) is 5.54 Å². The van der Waals surface area contributed by atoms with E-state index in [-0.39, 0.29) is 11.3 Å². The number of ketones is 1. The van der Waals surface area contributed by atoms with E-state index < -0.39 is 0 Å². The Bertz CT molecular complexity index is 450. The lowest BCUT2D eigenvalue weighted by Crippen LogP contribution is -2.53. The van der Waals surface area contributed by atoms with Crippen molar-refractivity contribution < 1.29 is 4.79 Å². The van der Waals surface area contributed by atoms with Gasteiger partial charge >= 0.3 is 0 Å². The molecule has 0 spiro atoms. The maximum atomic E-state index is 12.8. The topological polar surface area (TPSA) is 59.2 Å². The van der Waals surface area contributed by atoms with E-state index in [1.807, 2.05) is 26.2 Å². The fraction of sp³-hybridized carbons (Fsp3) is 0.600. The van der Waals surface area contributed by atoms with Crippen molar-refractivity contribution in [1.29, 1.82) is 0 Å². The van der Waals surface area contributed by atoms with Crippen LogP contribution in [0, 0.1) is 0 Å². The zero-order chi connectivity index (χ0) is 13.9. The van der Waals surface area contributed by atoms with Crippen LogP contribution in [0.1, 0.15) is 37.7 Å². The molecule has 1 aromatic rings. The lowest BCUT2D eigenvalue weighted by atomic mass is 9.76. The summed E-state index contributed by atoms with van der Waals surface area (Å²) in [7, 11) is 4.02. The average molecular weight is 261 g/mol. The Labute approximate surface area is 115 Å². The van der Waals surface area contributed by atoms with Crippen LogP contribution in [0.3, 0.4) is 0 Å². The molecule has 0 aromatic carbocycles. The SMILES string of the molecule is CN(C)C1(C(=O)Cc2cccnc2N)CCCCC1. The number of nitrogens with zero attached hydrogens (tertiary/aromatic N) is 2. The number of hydrogen-bond acceptors (Lipinski definition) is 4. The van der Waals surface area contributed by atoms with Gasteiger partial charge < -0.3 is 5.73 Å². The third-order valence-corrected chi connectivity index (χ3v) is 4.33. The van der Waals surface area contributed by atoms with Gasteiger partial charge in [-0.15, -0.1) is 0 Å². The molecule has 1 heterocycles. The molecule has 0 saturated heterocycles. The molecule has 0 radical (unpaired) electrons. The molecule has 4 heteroatoms. The number of aromatic nitrogens is 1. The molecule has 19 heavy (non-hydrogen) atoms. The molecule has 1 aromatic heterocycles. The molecule has 0 aliphatic heterocycles. The van der Waals surface area contributed by atoms with Gasteiger partial charge in [0.15, 0.2) is 5.78 Å². The zero-order valence-electron chi connectivity index (χ0n) is 11.9. The van der Waals surface area contributed by atoms with Gasteiger partial charge in [0, 0.05) is 18.2 Å². The number of likely N-dealkylation sites (N-methyl/N-ethyl adjacent to an activating group) is 1. The highest BCUT2D eigenvalue weighted by atomic mass is 16.1. The monoisotopic (exact) mass is 261 g/mol. The molecular weight excluding hydrogens is 238 g/mol. The number of nitrogen functional groups attached to an aromatic ring is 1. The van der Waals surface area contributed by atoms with Crippen LogP contribution in [0.15, 0.2) is 18.3 Å². The zero-order valence-corrected chi connectivity index (χ0v) is 11.9. The molecule has 104 valence electrons. The molecule has 2 N–H and O–H groups in total. The third kappa shape index (κ3) is 2.78. The number of anilines is 1. The molecule has 1 fully saturated rings. The van der Waals surface area contributed by atoms with Crippen LogP contribution in [0.5, 0.6) is 0 Å². The summed E-state index contributed by atoms with van der Waals surface area (Å²) in [5, 5.41) is 0. The van der Waals surface area contributed by atoms with Crippen molar-refractivity contribution in [1.82, 2.24) is 9.88 Å². The maximum absolute atomic E-state index is 12.8. The van der Waals surface area contributed by atoms with Crippen LogP contribution in [-0.2, 0) is 11.2 Å². The van der Waals surface area contributed by atoms with Crippen LogP contribution >= 0.6 is 0 Å². The smallest absolute Gasteiger partial charge is 0.157 e. The number of rotatable bonds is 4. The van der Waals surface area contributed by atoms with E-state index in [4.69, 9.17) is 5.73 Å². The Morgan fingerprint density at radius 2 is 2.05 bits per heavy atom. The standard InChI is InChI=1S/C15H23N3O/c1-18(2)15(8-4-3-5-9-15)13(19)11-12-7-6-10-17-14(12)16/h6-7,10H,3-5,8-9,11H2,1-2H3,(H2,16,17). The number of Topliss-reactive ketones (excluding diaryl/α,β-unsaturated/α-hetero) is 1. The molecule has 0 bridgehead atoms. The van der Waals surface area contributed by atoms with Gasteiger partial charge in [-0.25, -0.2) is 4.98 Å². The number of carbonyl (C=O) groups excluding carboxylic acids is 1. The van der Waals surface area contributed by atoms with E-state index in [2.05, 4.69) is 9.88 Å². The summed E-state index contributed by atoms with van der Waals surface area (Å²) < 4.78 is 0. The molecule has 1 saturated carbocycles. The molecule has 2 rings (SSSR count). The molecular formula is C15H23N3O. The Balaban J connectivity index is 2.19. The minimum Gasteiger partial charge on any atom is -0.383 e. The second kappa shape index (κ2) is 5.70. The third-order valence-electron chi connectivity index (χ3n) is 4.33. The minimum absolute atomic E-state index is 0.275. The van der Waals surface area contributed by atoms with Crippen LogP contribution < -0.4 is 5.73 Å². The van der Waals surface area contributed by atoms with E-state index in [9.17, 15) is 4.79 Å². The lowest BCUT2D eigenvalue weighted by molar-refractivity contribution is -0.131. The minimum atomic E-state index is -0.305. The van der Waals surface area contributed by atoms with Crippen molar-refractivity contribution in [2.24, 2.45) is 0 Å². The van der Waals surface area contributed by atoms with Crippen molar-refractivity contribution in [2.75, 3.05) is 19.8 Å². The highest BCUT2D eigenvalue weighted by Gasteiger charge is 2.40. The van der Waals surface area contributed by atoms with Crippen LogP contribution in [-0.4, -0.2) is 35.3 Å². The first-order valence-electron chi connectivity index (χ1n) is 6.96. The van der Waals surface area contributed by atoms with Crippen LogP contribution in [0.4, 0.5) is 5.82 Å². The summed E-state index contributed by atoms with van der Waals surface area (Å²) in [5.41, 5.74) is 6.38. The van der Waals surface area contributed by atoms with Crippen LogP contribution in [0.2, 0.25) is 0 Å². The van der Waals surface area contributed by atoms with Crippen LogP contribution in [0.25, 0.3) is 0 Å². The van der Waals surface area contributed by atoms with Gasteiger partial charge in [0.1, 0.15) is 5.82 Å². The first-order chi connectivity index (χ1) is 9.06. The molecule has 4 nitrogen and oxygen atoms in total. The van der Waals surface area contributed by atoms with Crippen molar-refractivity contribution in [2.45, 2.75) is 44.1 Å². The van der Waals surface area contributed by atoms with E-state index in [0.29, 0.717) is 12.2 Å². The van der Waals surface area contributed by atoms with E-state index in [0.717, 1.165) is 31.2 Å². The first kappa shape index (κ1) is 14.0. The molecule has 0 atom stereocenters. The highest BCUT2D eigenvalue weighted by molar-refractivity contribution is 5.91. The normalized spacial score (nSPS) is 18.5. The van der Waals surface area contributed by atoms with Gasteiger partial charge in [0.25, 0.3) is 0 Å². The lowest BCUT2D eigenvalue weighted by Gasteiger charge is -2.41. The van der Waals surface area contributed by atoms with Gasteiger partial charge in [-0.3, -0.25) is 9.69 Å². The number of hydrogen-bond donors (Lipinski definition) is 1. The Kier molecular flexibility index (Phi) is 4.20. The Hall–Kier alpha value is -1.42. The Morgan fingerprint density at radius 3 is 2.63 bits per heavy atom. The second-order valence-corrected chi connectivity index (χ2v) is 5.63. The number of carbonyl (C=O) groups is 1. The molecule has 0 unspecified atom stereocenters. The predicted molar refractivity (Wildman–Crippen MR) is 76.9 cm³/mol. The van der Waals surface area contributed by atoms with E-state index in [1.165, 1.54) is 6.42 Å². The first-order valence-corrected chi connectivity index (χ1v) is 6.96. The molecule has 0 amide bonds. The van der Waals surface area contributed by atoms with E-state index >= 15 is 0 Å². The summed E-state index contributed by atoms with van der Waals surface area (Å²) in [4.78, 5) is 18.9. The summed E-state index contributed by atoms with van der Waals surface area (Å²) >= 11 is 0. The highest BCUT2D eigenvalue weighted by Crippen LogP contribution is 2.34. The fourth-order valence-corrected chi connectivity index (χ4v) is 3.05. The summed E-state index contributed by atoms with van der Waals surface area (Å²) in [6.07, 6.45) is 7.46. The van der Waals surface area contributed by atoms with E-state index in [1.54, 1.807) is 6.20 Å². The van der Waals surface area contributed by atoms with Crippen molar-refractivity contribution in [3.63, 3.8) is 0 Å². The fourth-order valence-electron chi connectivity index (χ4n) is 3.05. The number of pyridine rings is 1. The molecule has 1 aliphatic rings. The van der Waals surface area contributed by atoms with Crippen molar-refractivity contribution in [3.8, 4) is 0 Å². The van der Waals surface area contributed by atoms with Crippen molar-refractivity contribution >= 4 is 11.6 Å².